The molecule has 0 aromatic carbocycles. The molecule has 7 heteroatoms. The van der Waals surface area contributed by atoms with E-state index in [0.717, 1.165) is 31.0 Å². The summed E-state index contributed by atoms with van der Waals surface area (Å²) in [6, 6.07) is 4.53. The Morgan fingerprint density at radius 3 is 3.10 bits per heavy atom. The summed E-state index contributed by atoms with van der Waals surface area (Å²) in [5, 5.41) is 8.23. The van der Waals surface area contributed by atoms with E-state index in [9.17, 15) is 9.59 Å². The van der Waals surface area contributed by atoms with Crippen LogP contribution >= 0.6 is 0 Å². The number of aryl methyl sites for hydroxylation is 1. The van der Waals surface area contributed by atoms with Crippen LogP contribution in [0.1, 0.15) is 28.6 Å². The van der Waals surface area contributed by atoms with E-state index in [-0.39, 0.29) is 17.2 Å². The van der Waals surface area contributed by atoms with Crippen molar-refractivity contribution in [2.75, 3.05) is 7.05 Å². The molecule has 104 valence electrons. The fourth-order valence-electron chi connectivity index (χ4n) is 2.39. The van der Waals surface area contributed by atoms with E-state index >= 15 is 0 Å². The summed E-state index contributed by atoms with van der Waals surface area (Å²) in [7, 11) is 1.68. The van der Waals surface area contributed by atoms with Crippen molar-refractivity contribution in [3.8, 4) is 0 Å². The smallest absolute Gasteiger partial charge is 0.270 e. The van der Waals surface area contributed by atoms with Gasteiger partial charge in [0.25, 0.3) is 5.91 Å². The Morgan fingerprint density at radius 2 is 2.30 bits per heavy atom. The van der Waals surface area contributed by atoms with Crippen LogP contribution in [0.25, 0.3) is 0 Å². The van der Waals surface area contributed by atoms with Gasteiger partial charge in [-0.05, 0) is 12.5 Å². The maximum Gasteiger partial charge on any atom is 0.270 e. The van der Waals surface area contributed by atoms with Gasteiger partial charge in [-0.15, -0.1) is 10.2 Å². The number of hydrogen-bond donors (Lipinski definition) is 1. The number of nitrogens with zero attached hydrogens (tertiary/aromatic N) is 4. The van der Waals surface area contributed by atoms with Crippen molar-refractivity contribution in [2.24, 2.45) is 0 Å². The van der Waals surface area contributed by atoms with Gasteiger partial charge in [0.2, 0.25) is 5.56 Å². The third-order valence-electron chi connectivity index (χ3n) is 3.41. The van der Waals surface area contributed by atoms with Crippen LogP contribution in [-0.4, -0.2) is 37.6 Å². The van der Waals surface area contributed by atoms with Crippen molar-refractivity contribution in [2.45, 2.75) is 25.9 Å². The number of nitrogens with one attached hydrogen (secondary N) is 1. The fourth-order valence-corrected chi connectivity index (χ4v) is 2.39. The molecule has 0 unspecified atom stereocenters. The molecule has 0 aliphatic carbocycles. The van der Waals surface area contributed by atoms with E-state index in [1.807, 2.05) is 0 Å². The highest BCUT2D eigenvalue weighted by molar-refractivity contribution is 5.91. The zero-order valence-corrected chi connectivity index (χ0v) is 11.2. The number of fused-ring (bicyclic) bond motifs is 1. The van der Waals surface area contributed by atoms with Crippen molar-refractivity contribution in [3.05, 3.63) is 45.9 Å². The van der Waals surface area contributed by atoms with E-state index in [1.54, 1.807) is 19.2 Å². The van der Waals surface area contributed by atoms with Crippen molar-refractivity contribution in [1.82, 2.24) is 24.6 Å². The van der Waals surface area contributed by atoms with Crippen LogP contribution in [0.3, 0.4) is 0 Å². The highest BCUT2D eigenvalue weighted by Gasteiger charge is 2.20. The predicted octanol–water partition coefficient (Wildman–Crippen LogP) is 0.185. The summed E-state index contributed by atoms with van der Waals surface area (Å²) in [5.74, 6) is 1.53. The second kappa shape index (κ2) is 4.92. The largest absolute Gasteiger partial charge is 0.333 e. The zero-order chi connectivity index (χ0) is 14.1. The van der Waals surface area contributed by atoms with Gasteiger partial charge in [0.15, 0.2) is 5.82 Å². The maximum atomic E-state index is 12.2. The number of aromatic nitrogens is 4. The minimum atomic E-state index is -0.285. The molecule has 3 rings (SSSR count). The molecule has 3 heterocycles. The molecule has 0 saturated heterocycles. The monoisotopic (exact) mass is 273 g/mol. The molecule has 20 heavy (non-hydrogen) atoms. The van der Waals surface area contributed by atoms with Gasteiger partial charge in [-0.2, -0.15) is 0 Å². The Balaban J connectivity index is 1.77. The van der Waals surface area contributed by atoms with E-state index in [0.29, 0.717) is 6.54 Å². The molecule has 1 amide bonds. The normalized spacial score (nSPS) is 13.2. The lowest BCUT2D eigenvalue weighted by molar-refractivity contribution is 0.0774. The first-order chi connectivity index (χ1) is 9.65. The molecule has 1 aliphatic heterocycles. The zero-order valence-electron chi connectivity index (χ0n) is 11.2. The average Bonchev–Trinajstić information content (AvgIpc) is 3.03. The van der Waals surface area contributed by atoms with Gasteiger partial charge < -0.3 is 14.5 Å². The highest BCUT2D eigenvalue weighted by Crippen LogP contribution is 2.15. The number of pyridine rings is 1. The van der Waals surface area contributed by atoms with Gasteiger partial charge in [0, 0.05) is 26.1 Å². The quantitative estimate of drug-likeness (QED) is 0.865. The SMILES string of the molecule is CN(Cc1nnc2n1CCC2)C(=O)c1cccc(=O)[nH]1. The lowest BCUT2D eigenvalue weighted by Crippen LogP contribution is -2.29. The number of amides is 1. The van der Waals surface area contributed by atoms with E-state index in [4.69, 9.17) is 0 Å². The van der Waals surface area contributed by atoms with Crippen molar-refractivity contribution >= 4 is 5.91 Å². The van der Waals surface area contributed by atoms with Gasteiger partial charge >= 0.3 is 0 Å². The Labute approximate surface area is 115 Å². The maximum absolute atomic E-state index is 12.2. The number of aromatic amines is 1. The van der Waals surface area contributed by atoms with Crippen LogP contribution in [0.15, 0.2) is 23.0 Å². The molecule has 1 aliphatic rings. The van der Waals surface area contributed by atoms with Gasteiger partial charge in [0.05, 0.1) is 6.54 Å². The van der Waals surface area contributed by atoms with Crippen LogP contribution in [0.4, 0.5) is 0 Å². The first-order valence-electron chi connectivity index (χ1n) is 6.51. The first-order valence-corrected chi connectivity index (χ1v) is 6.51. The van der Waals surface area contributed by atoms with Gasteiger partial charge in [0.1, 0.15) is 11.5 Å². The summed E-state index contributed by atoms with van der Waals surface area (Å²) in [4.78, 5) is 27.5. The Kier molecular flexibility index (Phi) is 3.09. The Bertz CT molecular complexity index is 703. The van der Waals surface area contributed by atoms with E-state index in [2.05, 4.69) is 19.7 Å². The minimum Gasteiger partial charge on any atom is -0.333 e. The van der Waals surface area contributed by atoms with Crippen molar-refractivity contribution in [3.63, 3.8) is 0 Å². The molecule has 7 nitrogen and oxygen atoms in total. The minimum absolute atomic E-state index is 0.238. The highest BCUT2D eigenvalue weighted by atomic mass is 16.2. The second-order valence-electron chi connectivity index (χ2n) is 4.88. The molecular formula is C13H15N5O2. The van der Waals surface area contributed by atoms with Crippen LogP contribution < -0.4 is 5.56 Å². The second-order valence-corrected chi connectivity index (χ2v) is 4.88. The van der Waals surface area contributed by atoms with Crippen LogP contribution in [0, 0.1) is 0 Å². The van der Waals surface area contributed by atoms with Gasteiger partial charge in [-0.3, -0.25) is 9.59 Å². The third kappa shape index (κ3) is 2.22. The third-order valence-corrected chi connectivity index (χ3v) is 3.41. The molecule has 0 atom stereocenters. The van der Waals surface area contributed by atoms with Crippen molar-refractivity contribution < 1.29 is 4.79 Å². The number of rotatable bonds is 3. The molecule has 0 bridgehead atoms. The summed E-state index contributed by atoms with van der Waals surface area (Å²) < 4.78 is 2.05. The average molecular weight is 273 g/mol. The predicted molar refractivity (Wildman–Crippen MR) is 71.2 cm³/mol. The van der Waals surface area contributed by atoms with Crippen LogP contribution in [0.5, 0.6) is 0 Å². The van der Waals surface area contributed by atoms with Gasteiger partial charge in [-0.1, -0.05) is 6.07 Å². The first kappa shape index (κ1) is 12.6. The Morgan fingerprint density at radius 1 is 1.45 bits per heavy atom. The van der Waals surface area contributed by atoms with Gasteiger partial charge in [-0.25, -0.2) is 0 Å². The Hall–Kier alpha value is -2.44. The summed E-state index contributed by atoms with van der Waals surface area (Å²) in [5.41, 5.74) is -0.00576. The molecule has 0 radical (unpaired) electrons. The fraction of sp³-hybridized carbons (Fsp3) is 0.385. The topological polar surface area (TPSA) is 83.9 Å². The van der Waals surface area contributed by atoms with Crippen LogP contribution in [-0.2, 0) is 19.5 Å². The molecule has 0 fully saturated rings. The van der Waals surface area contributed by atoms with E-state index in [1.165, 1.54) is 11.0 Å². The van der Waals surface area contributed by atoms with Crippen LogP contribution in [0.2, 0.25) is 0 Å². The molecule has 2 aromatic heterocycles. The summed E-state index contributed by atoms with van der Waals surface area (Å²) >= 11 is 0. The lowest BCUT2D eigenvalue weighted by Gasteiger charge is -2.16. The molecule has 0 saturated carbocycles. The molecule has 2 aromatic rings. The van der Waals surface area contributed by atoms with Crippen molar-refractivity contribution in [1.29, 1.82) is 0 Å². The number of carbonyl (C=O) groups is 1. The summed E-state index contributed by atoms with van der Waals surface area (Å²) in [6.45, 7) is 1.28. The number of carbonyl (C=O) groups excluding carboxylic acids is 1. The molecule has 1 N–H and O–H groups in total. The molecular weight excluding hydrogens is 258 g/mol. The lowest BCUT2D eigenvalue weighted by atomic mass is 10.3. The summed E-state index contributed by atoms with van der Waals surface area (Å²) in [6.07, 6.45) is 2.01. The number of hydrogen-bond acceptors (Lipinski definition) is 4. The van der Waals surface area contributed by atoms with E-state index < -0.39 is 0 Å². The standard InChI is InChI=1S/C13H15N5O2/c1-17(13(20)9-4-2-6-12(19)14-9)8-11-16-15-10-5-3-7-18(10)11/h2,4,6H,3,5,7-8H2,1H3,(H,14,19). The molecule has 0 spiro atoms. The number of H-pyrrole nitrogens is 1.